The number of hydrogen-bond donors (Lipinski definition) is 2. The van der Waals surface area contributed by atoms with Crippen LogP contribution in [0.3, 0.4) is 0 Å². The van der Waals surface area contributed by atoms with Gasteiger partial charge in [-0.3, -0.25) is 0 Å². The number of hydrogen-bond acceptors (Lipinski definition) is 3. The smallest absolute Gasteiger partial charge is 0.0950 e. The van der Waals surface area contributed by atoms with E-state index in [0.717, 1.165) is 5.56 Å². The van der Waals surface area contributed by atoms with Gasteiger partial charge >= 0.3 is 0 Å². The molecule has 0 radical (unpaired) electrons. The average Bonchev–Trinajstić information content (AvgIpc) is 2.21. The maximum Gasteiger partial charge on any atom is 0.0950 e. The second-order valence-electron chi connectivity index (χ2n) is 3.18. The lowest BCUT2D eigenvalue weighted by Gasteiger charge is -2.17. The molecule has 0 aromatic heterocycles. The summed E-state index contributed by atoms with van der Waals surface area (Å²) in [4.78, 5) is 0. The Morgan fingerprint density at radius 2 is 2.14 bits per heavy atom. The third kappa shape index (κ3) is 2.80. The number of rotatable bonds is 5. The lowest BCUT2D eigenvalue weighted by Crippen LogP contribution is -2.18. The van der Waals surface area contributed by atoms with Gasteiger partial charge in [0.15, 0.2) is 0 Å². The SMILES string of the molecule is Cc1ccccc1C(CN)OCCO. The fraction of sp³-hybridized carbons (Fsp3) is 0.455. The van der Waals surface area contributed by atoms with Crippen molar-refractivity contribution in [1.82, 2.24) is 0 Å². The fourth-order valence-corrected chi connectivity index (χ4v) is 1.43. The molecule has 3 heteroatoms. The number of nitrogens with two attached hydrogens (primary N) is 1. The zero-order valence-corrected chi connectivity index (χ0v) is 8.44. The summed E-state index contributed by atoms with van der Waals surface area (Å²) in [6.45, 7) is 2.82. The van der Waals surface area contributed by atoms with Gasteiger partial charge in [-0.15, -0.1) is 0 Å². The third-order valence-electron chi connectivity index (χ3n) is 2.16. The molecule has 0 amide bonds. The average molecular weight is 195 g/mol. The Morgan fingerprint density at radius 1 is 1.43 bits per heavy atom. The van der Waals surface area contributed by atoms with Gasteiger partial charge in [-0.05, 0) is 18.1 Å². The first-order valence-corrected chi connectivity index (χ1v) is 4.77. The Hall–Kier alpha value is -0.900. The molecule has 0 spiro atoms. The Kier molecular flexibility index (Phi) is 4.59. The van der Waals surface area contributed by atoms with E-state index in [0.29, 0.717) is 13.2 Å². The largest absolute Gasteiger partial charge is 0.394 e. The topological polar surface area (TPSA) is 55.5 Å². The van der Waals surface area contributed by atoms with Crippen LogP contribution in [0.5, 0.6) is 0 Å². The fourth-order valence-electron chi connectivity index (χ4n) is 1.43. The number of ether oxygens (including phenoxy) is 1. The Labute approximate surface area is 84.5 Å². The number of aliphatic hydroxyl groups is 1. The van der Waals surface area contributed by atoms with Crippen molar-refractivity contribution in [2.45, 2.75) is 13.0 Å². The highest BCUT2D eigenvalue weighted by atomic mass is 16.5. The summed E-state index contributed by atoms with van der Waals surface area (Å²) >= 11 is 0. The van der Waals surface area contributed by atoms with Crippen LogP contribution in [0.1, 0.15) is 17.2 Å². The van der Waals surface area contributed by atoms with Crippen LogP contribution in [0, 0.1) is 6.92 Å². The molecule has 0 saturated heterocycles. The number of aliphatic hydroxyl groups excluding tert-OH is 1. The summed E-state index contributed by atoms with van der Waals surface area (Å²) in [5, 5.41) is 8.66. The molecule has 0 aliphatic heterocycles. The van der Waals surface area contributed by atoms with Crippen LogP contribution >= 0.6 is 0 Å². The van der Waals surface area contributed by atoms with Gasteiger partial charge in [0.2, 0.25) is 0 Å². The van der Waals surface area contributed by atoms with E-state index in [4.69, 9.17) is 15.6 Å². The maximum atomic E-state index is 8.66. The summed E-state index contributed by atoms with van der Waals surface area (Å²) in [5.41, 5.74) is 7.88. The lowest BCUT2D eigenvalue weighted by atomic mass is 10.0. The van der Waals surface area contributed by atoms with E-state index in [1.807, 2.05) is 31.2 Å². The van der Waals surface area contributed by atoms with Gasteiger partial charge in [0, 0.05) is 6.54 Å². The zero-order chi connectivity index (χ0) is 10.4. The second kappa shape index (κ2) is 5.75. The molecule has 1 rings (SSSR count). The highest BCUT2D eigenvalue weighted by Gasteiger charge is 2.11. The summed E-state index contributed by atoms with van der Waals surface area (Å²) in [6, 6.07) is 7.98. The van der Waals surface area contributed by atoms with E-state index in [1.165, 1.54) is 5.56 Å². The van der Waals surface area contributed by atoms with Gasteiger partial charge in [-0.25, -0.2) is 0 Å². The normalized spacial score (nSPS) is 12.8. The van der Waals surface area contributed by atoms with Crippen LogP contribution in [-0.4, -0.2) is 24.9 Å². The zero-order valence-electron chi connectivity index (χ0n) is 8.44. The van der Waals surface area contributed by atoms with Crippen molar-refractivity contribution >= 4 is 0 Å². The molecule has 3 N–H and O–H groups in total. The molecular formula is C11H17NO2. The minimum absolute atomic E-state index is 0.0301. The Balaban J connectivity index is 2.73. The summed E-state index contributed by atoms with van der Waals surface area (Å²) in [6.07, 6.45) is -0.108. The molecule has 1 unspecified atom stereocenters. The van der Waals surface area contributed by atoms with Crippen LogP contribution in [0.2, 0.25) is 0 Å². The predicted molar refractivity (Wildman–Crippen MR) is 56.0 cm³/mol. The van der Waals surface area contributed by atoms with E-state index < -0.39 is 0 Å². The van der Waals surface area contributed by atoms with E-state index in [9.17, 15) is 0 Å². The molecule has 14 heavy (non-hydrogen) atoms. The van der Waals surface area contributed by atoms with Crippen LogP contribution in [-0.2, 0) is 4.74 Å². The third-order valence-corrected chi connectivity index (χ3v) is 2.16. The lowest BCUT2D eigenvalue weighted by molar-refractivity contribution is 0.0325. The first kappa shape index (κ1) is 11.2. The monoisotopic (exact) mass is 195 g/mol. The Bertz CT molecular complexity index is 276. The second-order valence-corrected chi connectivity index (χ2v) is 3.18. The van der Waals surface area contributed by atoms with Crippen molar-refractivity contribution < 1.29 is 9.84 Å². The van der Waals surface area contributed by atoms with Gasteiger partial charge in [0.1, 0.15) is 0 Å². The number of benzene rings is 1. The van der Waals surface area contributed by atoms with Crippen molar-refractivity contribution in [3.05, 3.63) is 35.4 Å². The minimum atomic E-state index is -0.108. The summed E-state index contributed by atoms with van der Waals surface area (Å²) < 4.78 is 5.43. The minimum Gasteiger partial charge on any atom is -0.394 e. The van der Waals surface area contributed by atoms with E-state index in [2.05, 4.69) is 0 Å². The van der Waals surface area contributed by atoms with E-state index in [1.54, 1.807) is 0 Å². The molecule has 1 aromatic carbocycles. The first-order valence-electron chi connectivity index (χ1n) is 4.77. The summed E-state index contributed by atoms with van der Waals surface area (Å²) in [5.74, 6) is 0. The molecule has 3 nitrogen and oxygen atoms in total. The molecule has 0 heterocycles. The molecule has 0 aliphatic carbocycles. The van der Waals surface area contributed by atoms with Crippen LogP contribution in [0.4, 0.5) is 0 Å². The van der Waals surface area contributed by atoms with E-state index >= 15 is 0 Å². The van der Waals surface area contributed by atoms with Crippen molar-refractivity contribution in [3.8, 4) is 0 Å². The first-order chi connectivity index (χ1) is 6.79. The van der Waals surface area contributed by atoms with Gasteiger partial charge in [-0.1, -0.05) is 24.3 Å². The number of aryl methyl sites for hydroxylation is 1. The van der Waals surface area contributed by atoms with Crippen molar-refractivity contribution in [2.24, 2.45) is 5.73 Å². The standard InChI is InChI=1S/C11H17NO2/c1-9-4-2-3-5-10(9)11(8-12)14-7-6-13/h2-5,11,13H,6-8,12H2,1H3. The molecule has 0 aliphatic rings. The highest BCUT2D eigenvalue weighted by Crippen LogP contribution is 2.19. The molecule has 78 valence electrons. The van der Waals surface area contributed by atoms with Gasteiger partial charge in [0.05, 0.1) is 19.3 Å². The molecule has 0 saturated carbocycles. The summed E-state index contributed by atoms with van der Waals surface area (Å²) in [7, 11) is 0. The predicted octanol–water partition coefficient (Wildman–Crippen LogP) is 1.00. The Morgan fingerprint density at radius 3 is 2.71 bits per heavy atom. The van der Waals surface area contributed by atoms with Crippen molar-refractivity contribution in [3.63, 3.8) is 0 Å². The van der Waals surface area contributed by atoms with E-state index in [-0.39, 0.29) is 12.7 Å². The molecule has 1 aromatic rings. The quantitative estimate of drug-likeness (QED) is 0.737. The van der Waals surface area contributed by atoms with Crippen LogP contribution in [0.15, 0.2) is 24.3 Å². The molecule has 0 bridgehead atoms. The molecule has 1 atom stereocenters. The molecule has 0 fully saturated rings. The highest BCUT2D eigenvalue weighted by molar-refractivity contribution is 5.27. The van der Waals surface area contributed by atoms with Gasteiger partial charge < -0.3 is 15.6 Å². The molecular weight excluding hydrogens is 178 g/mol. The van der Waals surface area contributed by atoms with Gasteiger partial charge in [0.25, 0.3) is 0 Å². The maximum absolute atomic E-state index is 8.66. The van der Waals surface area contributed by atoms with Crippen molar-refractivity contribution in [1.29, 1.82) is 0 Å². The van der Waals surface area contributed by atoms with Crippen molar-refractivity contribution in [2.75, 3.05) is 19.8 Å². The van der Waals surface area contributed by atoms with Gasteiger partial charge in [-0.2, -0.15) is 0 Å². The van der Waals surface area contributed by atoms with Crippen LogP contribution in [0.25, 0.3) is 0 Å². The van der Waals surface area contributed by atoms with Crippen LogP contribution < -0.4 is 5.73 Å².